The average Bonchev–Trinajstić information content (AvgIpc) is 2.16. The van der Waals surface area contributed by atoms with E-state index >= 15 is 0 Å². The Kier molecular flexibility index (Phi) is 3.01. The van der Waals surface area contributed by atoms with E-state index in [4.69, 9.17) is 5.11 Å². The normalized spacial score (nSPS) is 11.0. The van der Waals surface area contributed by atoms with Crippen LogP contribution in [-0.2, 0) is 4.79 Å². The molecule has 0 bridgehead atoms. The van der Waals surface area contributed by atoms with Crippen molar-refractivity contribution in [2.45, 2.75) is 13.8 Å². The number of carboxylic acids is 1. The molecular formula is C9H13N3O2. The fraction of sp³-hybridized carbons (Fsp3) is 0.444. The lowest BCUT2D eigenvalue weighted by Crippen LogP contribution is -2.32. The summed E-state index contributed by atoms with van der Waals surface area (Å²) in [6, 6.07) is 1.70. The Bertz CT molecular complexity index is 311. The molecular weight excluding hydrogens is 182 g/mol. The smallest absolute Gasteiger partial charge is 0.310 e. The van der Waals surface area contributed by atoms with Crippen molar-refractivity contribution in [3.63, 3.8) is 0 Å². The maximum atomic E-state index is 10.8. The van der Waals surface area contributed by atoms with Gasteiger partial charge in [0.25, 0.3) is 0 Å². The zero-order valence-corrected chi connectivity index (χ0v) is 8.19. The third kappa shape index (κ3) is 2.69. The molecule has 0 unspecified atom stereocenters. The molecule has 5 heteroatoms. The highest BCUT2D eigenvalue weighted by Crippen LogP contribution is 2.14. The van der Waals surface area contributed by atoms with Crippen LogP contribution in [0, 0.1) is 5.41 Å². The molecule has 76 valence electrons. The standard InChI is InChI=1S/C9H13N3O2/c1-9(2,7(13)14)6-12-8-10-4-3-5-11-8/h3-5H,6H2,1-2H3,(H,13,14)(H,10,11,12). The number of carboxylic acid groups (broad SMARTS) is 1. The first-order chi connectivity index (χ1) is 6.52. The minimum absolute atomic E-state index is 0.298. The lowest BCUT2D eigenvalue weighted by Gasteiger charge is -2.19. The number of rotatable bonds is 4. The van der Waals surface area contributed by atoms with E-state index in [0.29, 0.717) is 12.5 Å². The Morgan fingerprint density at radius 1 is 1.50 bits per heavy atom. The second-order valence-corrected chi connectivity index (χ2v) is 3.61. The fourth-order valence-corrected chi connectivity index (χ4v) is 0.766. The van der Waals surface area contributed by atoms with Gasteiger partial charge in [0.1, 0.15) is 0 Å². The SMILES string of the molecule is CC(C)(CNc1ncccn1)C(=O)O. The Morgan fingerprint density at radius 3 is 2.57 bits per heavy atom. The van der Waals surface area contributed by atoms with E-state index in [1.54, 1.807) is 32.3 Å². The van der Waals surface area contributed by atoms with Crippen molar-refractivity contribution in [3.05, 3.63) is 18.5 Å². The summed E-state index contributed by atoms with van der Waals surface area (Å²) in [4.78, 5) is 18.6. The maximum Gasteiger partial charge on any atom is 0.310 e. The molecule has 0 aliphatic heterocycles. The summed E-state index contributed by atoms with van der Waals surface area (Å²) in [5.41, 5.74) is -0.820. The highest BCUT2D eigenvalue weighted by atomic mass is 16.4. The van der Waals surface area contributed by atoms with Crippen LogP contribution >= 0.6 is 0 Å². The molecule has 0 aromatic carbocycles. The van der Waals surface area contributed by atoms with Crippen molar-refractivity contribution < 1.29 is 9.90 Å². The summed E-state index contributed by atoms with van der Waals surface area (Å²) in [7, 11) is 0. The van der Waals surface area contributed by atoms with Gasteiger partial charge in [-0.2, -0.15) is 0 Å². The van der Waals surface area contributed by atoms with Gasteiger partial charge in [-0.05, 0) is 19.9 Å². The molecule has 1 rings (SSSR count). The van der Waals surface area contributed by atoms with Gasteiger partial charge in [0.2, 0.25) is 5.95 Å². The first-order valence-corrected chi connectivity index (χ1v) is 4.27. The molecule has 0 saturated carbocycles. The van der Waals surface area contributed by atoms with E-state index in [0.717, 1.165) is 0 Å². The lowest BCUT2D eigenvalue weighted by molar-refractivity contribution is -0.146. The second-order valence-electron chi connectivity index (χ2n) is 3.61. The zero-order valence-electron chi connectivity index (χ0n) is 8.19. The molecule has 1 aromatic rings. The van der Waals surface area contributed by atoms with E-state index in [1.807, 2.05) is 0 Å². The molecule has 0 aliphatic carbocycles. The number of hydrogen-bond donors (Lipinski definition) is 2. The van der Waals surface area contributed by atoms with Crippen molar-refractivity contribution in [1.29, 1.82) is 0 Å². The summed E-state index contributed by atoms with van der Waals surface area (Å²) >= 11 is 0. The maximum absolute atomic E-state index is 10.8. The van der Waals surface area contributed by atoms with Gasteiger partial charge in [-0.1, -0.05) is 0 Å². The molecule has 0 atom stereocenters. The summed E-state index contributed by atoms with van der Waals surface area (Å²) in [6.45, 7) is 3.59. The van der Waals surface area contributed by atoms with Gasteiger partial charge < -0.3 is 10.4 Å². The van der Waals surface area contributed by atoms with Crippen LogP contribution < -0.4 is 5.32 Å². The summed E-state index contributed by atoms with van der Waals surface area (Å²) in [5, 5.41) is 11.7. The largest absolute Gasteiger partial charge is 0.481 e. The Labute approximate surface area is 82.2 Å². The highest BCUT2D eigenvalue weighted by Gasteiger charge is 2.26. The van der Waals surface area contributed by atoms with Crippen LogP contribution in [0.3, 0.4) is 0 Å². The molecule has 2 N–H and O–H groups in total. The van der Waals surface area contributed by atoms with Gasteiger partial charge in [-0.25, -0.2) is 9.97 Å². The number of hydrogen-bond acceptors (Lipinski definition) is 4. The van der Waals surface area contributed by atoms with Crippen LogP contribution in [0.4, 0.5) is 5.95 Å². The van der Waals surface area contributed by atoms with Crippen LogP contribution in [0.5, 0.6) is 0 Å². The Balaban J connectivity index is 2.53. The monoisotopic (exact) mass is 195 g/mol. The predicted molar refractivity (Wildman–Crippen MR) is 51.9 cm³/mol. The lowest BCUT2D eigenvalue weighted by atomic mass is 9.94. The molecule has 0 fully saturated rings. The predicted octanol–water partition coefficient (Wildman–Crippen LogP) is 0.999. The molecule has 0 aliphatic rings. The topological polar surface area (TPSA) is 75.1 Å². The number of nitrogens with zero attached hydrogens (tertiary/aromatic N) is 2. The molecule has 5 nitrogen and oxygen atoms in total. The molecule has 0 amide bonds. The first kappa shape index (κ1) is 10.4. The highest BCUT2D eigenvalue weighted by molar-refractivity contribution is 5.74. The average molecular weight is 195 g/mol. The first-order valence-electron chi connectivity index (χ1n) is 4.27. The van der Waals surface area contributed by atoms with Crippen molar-refractivity contribution in [1.82, 2.24) is 9.97 Å². The molecule has 0 radical (unpaired) electrons. The molecule has 0 spiro atoms. The molecule has 1 aromatic heterocycles. The van der Waals surface area contributed by atoms with Crippen LogP contribution in [-0.4, -0.2) is 27.6 Å². The van der Waals surface area contributed by atoms with Gasteiger partial charge >= 0.3 is 5.97 Å². The zero-order chi connectivity index (χ0) is 10.6. The van der Waals surface area contributed by atoms with E-state index in [2.05, 4.69) is 15.3 Å². The molecule has 1 heterocycles. The van der Waals surface area contributed by atoms with Crippen LogP contribution in [0.25, 0.3) is 0 Å². The van der Waals surface area contributed by atoms with Gasteiger partial charge in [-0.15, -0.1) is 0 Å². The second kappa shape index (κ2) is 4.04. The van der Waals surface area contributed by atoms with Crippen molar-refractivity contribution in [2.24, 2.45) is 5.41 Å². The van der Waals surface area contributed by atoms with E-state index in [-0.39, 0.29) is 0 Å². The van der Waals surface area contributed by atoms with E-state index in [1.165, 1.54) is 0 Å². The van der Waals surface area contributed by atoms with Crippen LogP contribution in [0.1, 0.15) is 13.8 Å². The van der Waals surface area contributed by atoms with Crippen LogP contribution in [0.15, 0.2) is 18.5 Å². The minimum Gasteiger partial charge on any atom is -0.481 e. The van der Waals surface area contributed by atoms with E-state index < -0.39 is 11.4 Å². The number of aromatic nitrogens is 2. The third-order valence-corrected chi connectivity index (χ3v) is 1.83. The van der Waals surface area contributed by atoms with Crippen molar-refractivity contribution >= 4 is 11.9 Å². The van der Waals surface area contributed by atoms with Gasteiger partial charge in [-0.3, -0.25) is 4.79 Å². The van der Waals surface area contributed by atoms with Crippen molar-refractivity contribution in [3.8, 4) is 0 Å². The number of aliphatic carboxylic acids is 1. The molecule has 14 heavy (non-hydrogen) atoms. The Hall–Kier alpha value is -1.65. The summed E-state index contributed by atoms with van der Waals surface area (Å²) < 4.78 is 0. The fourth-order valence-electron chi connectivity index (χ4n) is 0.766. The molecule has 0 saturated heterocycles. The van der Waals surface area contributed by atoms with E-state index in [9.17, 15) is 4.79 Å². The third-order valence-electron chi connectivity index (χ3n) is 1.83. The summed E-state index contributed by atoms with van der Waals surface area (Å²) in [5.74, 6) is -0.400. The number of nitrogens with one attached hydrogen (secondary N) is 1. The minimum atomic E-state index is -0.846. The summed E-state index contributed by atoms with van der Waals surface area (Å²) in [6.07, 6.45) is 3.20. The van der Waals surface area contributed by atoms with Crippen molar-refractivity contribution in [2.75, 3.05) is 11.9 Å². The number of anilines is 1. The van der Waals surface area contributed by atoms with Crippen LogP contribution in [0.2, 0.25) is 0 Å². The Morgan fingerprint density at radius 2 is 2.07 bits per heavy atom. The van der Waals surface area contributed by atoms with Gasteiger partial charge in [0.15, 0.2) is 0 Å². The van der Waals surface area contributed by atoms with Gasteiger partial charge in [0.05, 0.1) is 5.41 Å². The number of carbonyl (C=O) groups is 1. The quantitative estimate of drug-likeness (QED) is 0.749. The van der Waals surface area contributed by atoms with Gasteiger partial charge in [0, 0.05) is 18.9 Å².